The summed E-state index contributed by atoms with van der Waals surface area (Å²) in [6.45, 7) is 3.99. The summed E-state index contributed by atoms with van der Waals surface area (Å²) in [6, 6.07) is 0. The van der Waals surface area contributed by atoms with Gasteiger partial charge in [-0.2, -0.15) is 0 Å². The minimum Gasteiger partial charge on any atom is -0.381 e. The second-order valence-corrected chi connectivity index (χ2v) is 4.81. The first-order chi connectivity index (χ1) is 7.93. The summed E-state index contributed by atoms with van der Waals surface area (Å²) in [5.41, 5.74) is 1.27. The van der Waals surface area contributed by atoms with Crippen LogP contribution in [0, 0.1) is 0 Å². The third-order valence-electron chi connectivity index (χ3n) is 3.71. The number of H-pyrrole nitrogens is 1. The molecule has 0 saturated carbocycles. The molecular formula is C12H19N3O. The van der Waals surface area contributed by atoms with Crippen LogP contribution in [0.5, 0.6) is 0 Å². The van der Waals surface area contributed by atoms with Crippen LogP contribution in [0.4, 0.5) is 0 Å². The maximum atomic E-state index is 5.41. The topological polar surface area (TPSA) is 49.9 Å². The molecule has 0 aliphatic carbocycles. The van der Waals surface area contributed by atoms with Crippen molar-refractivity contribution in [3.05, 3.63) is 17.7 Å². The van der Waals surface area contributed by atoms with E-state index in [9.17, 15) is 0 Å². The van der Waals surface area contributed by atoms with Gasteiger partial charge in [0.2, 0.25) is 0 Å². The Kier molecular flexibility index (Phi) is 2.93. The smallest absolute Gasteiger partial charge is 0.109 e. The maximum Gasteiger partial charge on any atom is 0.109 e. The monoisotopic (exact) mass is 221 g/mol. The van der Waals surface area contributed by atoms with Crippen molar-refractivity contribution in [2.75, 3.05) is 26.3 Å². The van der Waals surface area contributed by atoms with Gasteiger partial charge >= 0.3 is 0 Å². The van der Waals surface area contributed by atoms with E-state index in [2.05, 4.69) is 15.3 Å². The number of piperidine rings is 1. The predicted octanol–water partition coefficient (Wildman–Crippen LogP) is 1.38. The van der Waals surface area contributed by atoms with Crippen LogP contribution in [0.25, 0.3) is 0 Å². The molecule has 16 heavy (non-hydrogen) atoms. The zero-order chi connectivity index (χ0) is 10.8. The Morgan fingerprint density at radius 3 is 2.81 bits per heavy atom. The van der Waals surface area contributed by atoms with Gasteiger partial charge in [0.05, 0.1) is 6.61 Å². The molecule has 3 heterocycles. The fraction of sp³-hybridized carbons (Fsp3) is 0.750. The van der Waals surface area contributed by atoms with Crippen molar-refractivity contribution >= 4 is 0 Å². The van der Waals surface area contributed by atoms with Crippen LogP contribution in [0.3, 0.4) is 0 Å². The van der Waals surface area contributed by atoms with Gasteiger partial charge < -0.3 is 15.0 Å². The Labute approximate surface area is 95.8 Å². The molecule has 3 rings (SSSR count). The molecule has 1 aromatic heterocycles. The van der Waals surface area contributed by atoms with E-state index in [0.29, 0.717) is 11.8 Å². The summed E-state index contributed by atoms with van der Waals surface area (Å²) >= 11 is 0. The lowest BCUT2D eigenvalue weighted by Crippen LogP contribution is -2.27. The Balaban J connectivity index is 1.71. The second kappa shape index (κ2) is 4.55. The molecule has 2 saturated heterocycles. The van der Waals surface area contributed by atoms with E-state index in [0.717, 1.165) is 32.7 Å². The molecule has 2 N–H and O–H groups in total. The van der Waals surface area contributed by atoms with Crippen molar-refractivity contribution in [1.82, 2.24) is 15.3 Å². The molecule has 0 radical (unpaired) electrons. The molecule has 0 amide bonds. The van der Waals surface area contributed by atoms with E-state index in [1.165, 1.54) is 24.4 Å². The summed E-state index contributed by atoms with van der Waals surface area (Å²) < 4.78 is 5.41. The number of rotatable bonds is 2. The van der Waals surface area contributed by atoms with Crippen molar-refractivity contribution in [1.29, 1.82) is 0 Å². The summed E-state index contributed by atoms with van der Waals surface area (Å²) in [4.78, 5) is 8.05. The molecule has 0 spiro atoms. The van der Waals surface area contributed by atoms with Crippen molar-refractivity contribution in [2.45, 2.75) is 31.1 Å². The van der Waals surface area contributed by atoms with E-state index in [-0.39, 0.29) is 0 Å². The predicted molar refractivity (Wildman–Crippen MR) is 61.6 cm³/mol. The molecule has 4 heteroatoms. The highest BCUT2D eigenvalue weighted by atomic mass is 16.5. The van der Waals surface area contributed by atoms with Crippen LogP contribution in [0.15, 0.2) is 6.20 Å². The van der Waals surface area contributed by atoms with E-state index in [1.807, 2.05) is 6.20 Å². The molecule has 2 fully saturated rings. The van der Waals surface area contributed by atoms with E-state index < -0.39 is 0 Å². The number of aromatic nitrogens is 2. The quantitative estimate of drug-likeness (QED) is 0.793. The van der Waals surface area contributed by atoms with Gasteiger partial charge in [-0.05, 0) is 32.4 Å². The molecular weight excluding hydrogens is 202 g/mol. The molecule has 1 unspecified atom stereocenters. The fourth-order valence-electron chi connectivity index (χ4n) is 2.64. The molecule has 2 aliphatic heterocycles. The molecule has 1 atom stereocenters. The number of ether oxygens (including phenoxy) is 1. The van der Waals surface area contributed by atoms with Gasteiger partial charge in [-0.15, -0.1) is 0 Å². The molecule has 1 aromatic rings. The van der Waals surface area contributed by atoms with Crippen LogP contribution in [0.2, 0.25) is 0 Å². The largest absolute Gasteiger partial charge is 0.381 e. The van der Waals surface area contributed by atoms with Gasteiger partial charge in [0.15, 0.2) is 0 Å². The average Bonchev–Trinajstić information content (AvgIpc) is 3.01. The second-order valence-electron chi connectivity index (χ2n) is 4.81. The highest BCUT2D eigenvalue weighted by Crippen LogP contribution is 2.27. The van der Waals surface area contributed by atoms with Crippen LogP contribution < -0.4 is 5.32 Å². The first kappa shape index (κ1) is 10.3. The number of imidazole rings is 1. The minimum atomic E-state index is 0.544. The van der Waals surface area contributed by atoms with Gasteiger partial charge in [-0.1, -0.05) is 0 Å². The fourth-order valence-corrected chi connectivity index (χ4v) is 2.64. The zero-order valence-electron chi connectivity index (χ0n) is 9.54. The number of nitrogens with zero attached hydrogens (tertiary/aromatic N) is 1. The Bertz CT molecular complexity index is 338. The molecule has 0 bridgehead atoms. The Hall–Kier alpha value is -0.870. The van der Waals surface area contributed by atoms with Crippen LogP contribution in [0.1, 0.15) is 42.6 Å². The normalized spacial score (nSPS) is 27.4. The van der Waals surface area contributed by atoms with E-state index >= 15 is 0 Å². The van der Waals surface area contributed by atoms with E-state index in [1.54, 1.807) is 0 Å². The highest BCUT2D eigenvalue weighted by Gasteiger charge is 2.22. The molecule has 4 nitrogen and oxygen atoms in total. The van der Waals surface area contributed by atoms with Crippen molar-refractivity contribution in [3.8, 4) is 0 Å². The standard InChI is InChI=1S/C12H19N3O/c1-4-13-5-2-9(1)12-14-7-11(15-12)10-3-6-16-8-10/h7,9-10,13H,1-6,8H2,(H,14,15). The third-order valence-corrected chi connectivity index (χ3v) is 3.71. The third kappa shape index (κ3) is 1.99. The maximum absolute atomic E-state index is 5.41. The summed E-state index contributed by atoms with van der Waals surface area (Å²) in [6.07, 6.45) is 5.55. The average molecular weight is 221 g/mol. The van der Waals surface area contributed by atoms with Gasteiger partial charge in [0.25, 0.3) is 0 Å². The van der Waals surface area contributed by atoms with Crippen molar-refractivity contribution in [3.63, 3.8) is 0 Å². The number of hydrogen-bond donors (Lipinski definition) is 2. The first-order valence-electron chi connectivity index (χ1n) is 6.27. The summed E-state index contributed by atoms with van der Waals surface area (Å²) in [5.74, 6) is 2.35. The van der Waals surface area contributed by atoms with Gasteiger partial charge in [-0.3, -0.25) is 0 Å². The summed E-state index contributed by atoms with van der Waals surface area (Å²) in [5, 5.41) is 3.38. The number of hydrogen-bond acceptors (Lipinski definition) is 3. The van der Waals surface area contributed by atoms with Crippen LogP contribution in [-0.4, -0.2) is 36.3 Å². The van der Waals surface area contributed by atoms with E-state index in [4.69, 9.17) is 4.74 Å². The van der Waals surface area contributed by atoms with Crippen LogP contribution in [-0.2, 0) is 4.74 Å². The molecule has 2 aliphatic rings. The number of nitrogens with one attached hydrogen (secondary N) is 2. The lowest BCUT2D eigenvalue weighted by Gasteiger charge is -2.20. The van der Waals surface area contributed by atoms with Crippen molar-refractivity contribution in [2.24, 2.45) is 0 Å². The molecule has 88 valence electrons. The lowest BCUT2D eigenvalue weighted by atomic mass is 9.97. The van der Waals surface area contributed by atoms with Gasteiger partial charge in [0.1, 0.15) is 5.82 Å². The summed E-state index contributed by atoms with van der Waals surface area (Å²) in [7, 11) is 0. The Morgan fingerprint density at radius 1 is 1.19 bits per heavy atom. The number of aromatic amines is 1. The first-order valence-corrected chi connectivity index (χ1v) is 6.27. The highest BCUT2D eigenvalue weighted by molar-refractivity contribution is 5.12. The Morgan fingerprint density at radius 2 is 2.06 bits per heavy atom. The van der Waals surface area contributed by atoms with Crippen molar-refractivity contribution < 1.29 is 4.74 Å². The zero-order valence-corrected chi connectivity index (χ0v) is 9.54. The minimum absolute atomic E-state index is 0.544. The van der Waals surface area contributed by atoms with Gasteiger partial charge in [-0.25, -0.2) is 4.98 Å². The molecule has 0 aromatic carbocycles. The van der Waals surface area contributed by atoms with Gasteiger partial charge in [0, 0.05) is 30.3 Å². The van der Waals surface area contributed by atoms with Crippen LogP contribution >= 0.6 is 0 Å². The lowest BCUT2D eigenvalue weighted by molar-refractivity contribution is 0.193. The SMILES string of the molecule is c1nc(C2CCNCC2)[nH]c1C1CCOC1.